The van der Waals surface area contributed by atoms with Gasteiger partial charge in [0.1, 0.15) is 6.07 Å². The van der Waals surface area contributed by atoms with Crippen LogP contribution in [0.25, 0.3) is 11.3 Å². The lowest BCUT2D eigenvalue weighted by Crippen LogP contribution is -2.25. The minimum Gasteiger partial charge on any atom is -0.397 e. The van der Waals surface area contributed by atoms with Crippen LogP contribution in [0.3, 0.4) is 0 Å². The van der Waals surface area contributed by atoms with Crippen LogP contribution in [0.2, 0.25) is 0 Å². The lowest BCUT2D eigenvalue weighted by atomic mass is 10.0. The van der Waals surface area contributed by atoms with Crippen LogP contribution in [-0.2, 0) is 6.54 Å². The molecule has 0 saturated heterocycles. The lowest BCUT2D eigenvalue weighted by Gasteiger charge is -2.21. The minimum atomic E-state index is -0.245. The number of hydrogen-bond donors (Lipinski definition) is 2. The van der Waals surface area contributed by atoms with Crippen LogP contribution in [-0.4, -0.2) is 28.9 Å². The van der Waals surface area contributed by atoms with Crippen molar-refractivity contribution >= 4 is 17.3 Å². The number of benzene rings is 2. The van der Waals surface area contributed by atoms with E-state index in [2.05, 4.69) is 35.1 Å². The zero-order valence-electron chi connectivity index (χ0n) is 18.6. The third-order valence-electron chi connectivity index (χ3n) is 5.18. The maximum Gasteiger partial charge on any atom is 0.255 e. The summed E-state index contributed by atoms with van der Waals surface area (Å²) in [6.45, 7) is 7.17. The van der Waals surface area contributed by atoms with Crippen LogP contribution < -0.4 is 11.1 Å². The Morgan fingerprint density at radius 1 is 1.09 bits per heavy atom. The normalized spacial score (nSPS) is 10.7. The quantitative estimate of drug-likeness (QED) is 0.465. The zero-order valence-corrected chi connectivity index (χ0v) is 18.6. The molecule has 0 spiro atoms. The van der Waals surface area contributed by atoms with Crippen molar-refractivity contribution in [3.63, 3.8) is 0 Å². The molecule has 164 valence electrons. The van der Waals surface area contributed by atoms with E-state index in [1.807, 2.05) is 36.5 Å². The highest BCUT2D eigenvalue weighted by molar-refractivity contribution is 6.05. The molecule has 1 heterocycles. The first kappa shape index (κ1) is 23.0. The van der Waals surface area contributed by atoms with E-state index in [-0.39, 0.29) is 5.91 Å². The van der Waals surface area contributed by atoms with E-state index in [0.717, 1.165) is 43.6 Å². The molecule has 6 heteroatoms. The van der Waals surface area contributed by atoms with Crippen LogP contribution in [0.15, 0.2) is 60.8 Å². The summed E-state index contributed by atoms with van der Waals surface area (Å²) < 4.78 is 0. The van der Waals surface area contributed by atoms with Gasteiger partial charge in [0.15, 0.2) is 0 Å². The molecule has 2 aromatic carbocycles. The number of pyridine rings is 1. The van der Waals surface area contributed by atoms with Crippen molar-refractivity contribution in [2.75, 3.05) is 24.1 Å². The molecular weight excluding hydrogens is 398 g/mol. The summed E-state index contributed by atoms with van der Waals surface area (Å²) in [5, 5.41) is 12.5. The number of carbonyl (C=O) groups is 1. The SMILES string of the molecule is CCCN(CCC)Cc1cnc(-c2ccc(C(=O)Nc3ccccc3N)cc2)c(C#N)c1. The smallest absolute Gasteiger partial charge is 0.255 e. The van der Waals surface area contributed by atoms with Crippen molar-refractivity contribution in [2.45, 2.75) is 33.2 Å². The second-order valence-corrected chi connectivity index (χ2v) is 7.75. The average Bonchev–Trinajstić information content (AvgIpc) is 2.81. The summed E-state index contributed by atoms with van der Waals surface area (Å²) in [6, 6.07) is 18.4. The maximum absolute atomic E-state index is 12.6. The van der Waals surface area contributed by atoms with Gasteiger partial charge in [-0.2, -0.15) is 5.26 Å². The molecule has 0 aliphatic carbocycles. The van der Waals surface area contributed by atoms with Gasteiger partial charge in [0.2, 0.25) is 0 Å². The highest BCUT2D eigenvalue weighted by Crippen LogP contribution is 2.24. The number of nitrogens with zero attached hydrogens (tertiary/aromatic N) is 3. The van der Waals surface area contributed by atoms with E-state index < -0.39 is 0 Å². The van der Waals surface area contributed by atoms with Crippen molar-refractivity contribution in [3.05, 3.63) is 77.5 Å². The zero-order chi connectivity index (χ0) is 22.9. The van der Waals surface area contributed by atoms with E-state index in [4.69, 9.17) is 5.73 Å². The van der Waals surface area contributed by atoms with Crippen LogP contribution in [0.4, 0.5) is 11.4 Å². The highest BCUT2D eigenvalue weighted by atomic mass is 16.1. The molecule has 3 aromatic rings. The Labute approximate surface area is 189 Å². The molecule has 0 bridgehead atoms. The van der Waals surface area contributed by atoms with Gasteiger partial charge in [-0.3, -0.25) is 14.7 Å². The number of nitrogens with one attached hydrogen (secondary N) is 1. The molecule has 3 N–H and O–H groups in total. The van der Waals surface area contributed by atoms with E-state index in [1.165, 1.54) is 0 Å². The van der Waals surface area contributed by atoms with Crippen LogP contribution in [0.1, 0.15) is 48.2 Å². The molecule has 0 radical (unpaired) electrons. The number of hydrogen-bond acceptors (Lipinski definition) is 5. The molecule has 0 saturated carbocycles. The number of amides is 1. The monoisotopic (exact) mass is 427 g/mol. The Bertz CT molecular complexity index is 1100. The first-order valence-electron chi connectivity index (χ1n) is 10.9. The fourth-order valence-corrected chi connectivity index (χ4v) is 3.66. The number of nitriles is 1. The Morgan fingerprint density at radius 2 is 1.78 bits per heavy atom. The second-order valence-electron chi connectivity index (χ2n) is 7.75. The Balaban J connectivity index is 1.77. The van der Waals surface area contributed by atoms with E-state index in [9.17, 15) is 10.1 Å². The van der Waals surface area contributed by atoms with Crippen LogP contribution in [0, 0.1) is 11.3 Å². The average molecular weight is 428 g/mol. The van der Waals surface area contributed by atoms with Crippen molar-refractivity contribution in [1.29, 1.82) is 5.26 Å². The lowest BCUT2D eigenvalue weighted by molar-refractivity contribution is 0.102. The first-order valence-corrected chi connectivity index (χ1v) is 10.9. The fourth-order valence-electron chi connectivity index (χ4n) is 3.66. The summed E-state index contributed by atoms with van der Waals surface area (Å²) in [5.74, 6) is -0.245. The van der Waals surface area contributed by atoms with Gasteiger partial charge in [0, 0.05) is 23.9 Å². The largest absolute Gasteiger partial charge is 0.397 e. The van der Waals surface area contributed by atoms with Gasteiger partial charge >= 0.3 is 0 Å². The topological polar surface area (TPSA) is 95.0 Å². The molecule has 0 atom stereocenters. The molecule has 6 nitrogen and oxygen atoms in total. The number of para-hydroxylation sites is 2. The van der Waals surface area contributed by atoms with Gasteiger partial charge in [0.25, 0.3) is 5.91 Å². The second kappa shape index (κ2) is 11.1. The van der Waals surface area contributed by atoms with Crippen LogP contribution >= 0.6 is 0 Å². The molecule has 0 aliphatic heterocycles. The molecular formula is C26H29N5O. The number of nitrogen functional groups attached to an aromatic ring is 1. The van der Waals surface area contributed by atoms with Crippen LogP contribution in [0.5, 0.6) is 0 Å². The fraction of sp³-hybridized carbons (Fsp3) is 0.269. The Morgan fingerprint density at radius 3 is 2.41 bits per heavy atom. The van der Waals surface area contributed by atoms with Gasteiger partial charge in [-0.25, -0.2) is 0 Å². The van der Waals surface area contributed by atoms with Gasteiger partial charge < -0.3 is 11.1 Å². The van der Waals surface area contributed by atoms with Crippen molar-refractivity contribution in [1.82, 2.24) is 9.88 Å². The number of rotatable bonds is 9. The Hall–Kier alpha value is -3.69. The summed E-state index contributed by atoms with van der Waals surface area (Å²) in [7, 11) is 0. The van der Waals surface area contributed by atoms with Crippen molar-refractivity contribution in [2.24, 2.45) is 0 Å². The van der Waals surface area contributed by atoms with Crippen molar-refractivity contribution < 1.29 is 4.79 Å². The molecule has 1 amide bonds. The predicted molar refractivity (Wildman–Crippen MR) is 129 cm³/mol. The first-order chi connectivity index (χ1) is 15.5. The number of aromatic nitrogens is 1. The molecule has 1 aromatic heterocycles. The van der Waals surface area contributed by atoms with E-state index >= 15 is 0 Å². The highest BCUT2D eigenvalue weighted by Gasteiger charge is 2.12. The molecule has 0 unspecified atom stereocenters. The summed E-state index contributed by atoms with van der Waals surface area (Å²) in [4.78, 5) is 19.5. The number of anilines is 2. The molecule has 0 fully saturated rings. The predicted octanol–water partition coefficient (Wildman–Crippen LogP) is 5.08. The summed E-state index contributed by atoms with van der Waals surface area (Å²) in [5.41, 5.74) is 10.5. The van der Waals surface area contributed by atoms with Gasteiger partial charge in [-0.1, -0.05) is 38.1 Å². The standard InChI is InChI=1S/C26H29N5O/c1-3-13-31(14-4-2)18-19-15-22(16-27)25(29-17-19)20-9-11-21(12-10-20)26(32)30-24-8-6-5-7-23(24)28/h5-12,15,17H,3-4,13-14,18,28H2,1-2H3,(H,30,32). The summed E-state index contributed by atoms with van der Waals surface area (Å²) >= 11 is 0. The third-order valence-corrected chi connectivity index (χ3v) is 5.18. The van der Waals surface area contributed by atoms with E-state index in [0.29, 0.717) is 28.2 Å². The third kappa shape index (κ3) is 5.71. The van der Waals surface area contributed by atoms with Gasteiger partial charge in [0.05, 0.1) is 22.6 Å². The summed E-state index contributed by atoms with van der Waals surface area (Å²) in [6.07, 6.45) is 4.02. The van der Waals surface area contributed by atoms with E-state index in [1.54, 1.807) is 24.3 Å². The molecule has 32 heavy (non-hydrogen) atoms. The van der Waals surface area contributed by atoms with Gasteiger partial charge in [-0.05, 0) is 61.8 Å². The number of carbonyl (C=O) groups excluding carboxylic acids is 1. The van der Waals surface area contributed by atoms with Crippen molar-refractivity contribution in [3.8, 4) is 17.3 Å². The maximum atomic E-state index is 12.6. The number of nitrogens with two attached hydrogens (primary N) is 1. The molecule has 3 rings (SSSR count). The molecule has 0 aliphatic rings. The van der Waals surface area contributed by atoms with Gasteiger partial charge in [-0.15, -0.1) is 0 Å². The minimum absolute atomic E-state index is 0.245. The Kier molecular flexibility index (Phi) is 7.96.